The summed E-state index contributed by atoms with van der Waals surface area (Å²) < 4.78 is 0. The van der Waals surface area contributed by atoms with Gasteiger partial charge in [-0.15, -0.1) is 0 Å². The van der Waals surface area contributed by atoms with Gasteiger partial charge in [0.05, 0.1) is 0 Å². The van der Waals surface area contributed by atoms with E-state index in [2.05, 4.69) is 43.4 Å². The third-order valence-corrected chi connectivity index (χ3v) is 3.85. The fourth-order valence-electron chi connectivity index (χ4n) is 2.42. The summed E-state index contributed by atoms with van der Waals surface area (Å²) in [6.45, 7) is 5.08. The van der Waals surface area contributed by atoms with Crippen molar-refractivity contribution >= 4 is 11.6 Å². The summed E-state index contributed by atoms with van der Waals surface area (Å²) in [6, 6.07) is 15.8. The van der Waals surface area contributed by atoms with Crippen molar-refractivity contribution in [1.29, 1.82) is 0 Å². The molecule has 2 aromatic rings. The van der Waals surface area contributed by atoms with Crippen LogP contribution in [0.3, 0.4) is 0 Å². The summed E-state index contributed by atoms with van der Waals surface area (Å²) >= 11 is 6.18. The van der Waals surface area contributed by atoms with E-state index >= 15 is 0 Å². The number of nitrogens with one attached hydrogen (secondary N) is 1. The molecule has 0 aliphatic heterocycles. The first kappa shape index (κ1) is 15.9. The first-order valence-electron chi connectivity index (χ1n) is 7.32. The molecular weight excluding hydrogens is 282 g/mol. The van der Waals surface area contributed by atoms with Gasteiger partial charge in [0.15, 0.2) is 0 Å². The molecule has 0 spiro atoms. The van der Waals surface area contributed by atoms with Gasteiger partial charge in [-0.25, -0.2) is 0 Å². The number of benzene rings is 2. The molecule has 3 heteroatoms. The maximum atomic E-state index is 9.58. The van der Waals surface area contributed by atoms with Crippen molar-refractivity contribution in [3.63, 3.8) is 0 Å². The van der Waals surface area contributed by atoms with Crippen molar-refractivity contribution < 1.29 is 5.11 Å². The number of rotatable bonds is 6. The van der Waals surface area contributed by atoms with Crippen molar-refractivity contribution in [2.75, 3.05) is 0 Å². The van der Waals surface area contributed by atoms with Crippen LogP contribution in [0.4, 0.5) is 0 Å². The summed E-state index contributed by atoms with van der Waals surface area (Å²) in [7, 11) is 0. The van der Waals surface area contributed by atoms with Crippen LogP contribution in [0.15, 0.2) is 48.5 Å². The predicted molar refractivity (Wildman–Crippen MR) is 88.6 cm³/mol. The Labute approximate surface area is 131 Å². The molecule has 0 aliphatic rings. The lowest BCUT2D eigenvalue weighted by molar-refractivity contribution is 0.427. The Hall–Kier alpha value is -1.51. The SMILES string of the molecule is CC(C)CC(NCc1cc(O)ccc1Cl)c1ccccc1. The van der Waals surface area contributed by atoms with Gasteiger partial charge in [0, 0.05) is 17.6 Å². The second kappa shape index (κ2) is 7.48. The fourth-order valence-corrected chi connectivity index (χ4v) is 2.61. The highest BCUT2D eigenvalue weighted by Crippen LogP contribution is 2.25. The third kappa shape index (κ3) is 4.76. The average Bonchev–Trinajstić information content (AvgIpc) is 2.47. The summed E-state index contributed by atoms with van der Waals surface area (Å²) in [5.74, 6) is 0.846. The highest BCUT2D eigenvalue weighted by atomic mass is 35.5. The van der Waals surface area contributed by atoms with Gasteiger partial charge in [0.2, 0.25) is 0 Å². The van der Waals surface area contributed by atoms with E-state index < -0.39 is 0 Å². The van der Waals surface area contributed by atoms with Gasteiger partial charge in [0.25, 0.3) is 0 Å². The molecule has 1 unspecified atom stereocenters. The molecule has 2 nitrogen and oxygen atoms in total. The molecule has 2 aromatic carbocycles. The average molecular weight is 304 g/mol. The topological polar surface area (TPSA) is 32.3 Å². The van der Waals surface area contributed by atoms with Gasteiger partial charge in [-0.1, -0.05) is 55.8 Å². The lowest BCUT2D eigenvalue weighted by atomic mass is 9.97. The highest BCUT2D eigenvalue weighted by Gasteiger charge is 2.13. The van der Waals surface area contributed by atoms with Gasteiger partial charge in [0.1, 0.15) is 5.75 Å². The summed E-state index contributed by atoms with van der Waals surface area (Å²) in [4.78, 5) is 0. The minimum absolute atomic E-state index is 0.247. The minimum atomic E-state index is 0.247. The number of phenols is 1. The number of halogens is 1. The van der Waals surface area contributed by atoms with E-state index in [1.807, 2.05) is 6.07 Å². The van der Waals surface area contributed by atoms with Crippen LogP contribution >= 0.6 is 11.6 Å². The Morgan fingerprint density at radius 1 is 1.10 bits per heavy atom. The van der Waals surface area contributed by atoms with Crippen LogP contribution in [0.2, 0.25) is 5.02 Å². The normalized spacial score (nSPS) is 12.6. The fraction of sp³-hybridized carbons (Fsp3) is 0.333. The number of aromatic hydroxyl groups is 1. The lowest BCUT2D eigenvalue weighted by Crippen LogP contribution is -2.22. The van der Waals surface area contributed by atoms with E-state index in [1.54, 1.807) is 18.2 Å². The molecular formula is C18H22ClNO. The summed E-state index contributed by atoms with van der Waals surface area (Å²) in [5, 5.41) is 13.8. The van der Waals surface area contributed by atoms with Crippen LogP contribution in [0, 0.1) is 5.92 Å². The standard InChI is InChI=1S/C18H22ClNO/c1-13(2)10-18(14-6-4-3-5-7-14)20-12-15-11-16(21)8-9-17(15)19/h3-9,11,13,18,20-21H,10,12H2,1-2H3. The molecule has 0 fully saturated rings. The Bertz CT molecular complexity index is 569. The zero-order valence-corrected chi connectivity index (χ0v) is 13.3. The van der Waals surface area contributed by atoms with Gasteiger partial charge < -0.3 is 10.4 Å². The molecule has 2 N–H and O–H groups in total. The molecule has 0 amide bonds. The van der Waals surface area contributed by atoms with E-state index in [0.717, 1.165) is 12.0 Å². The van der Waals surface area contributed by atoms with Crippen molar-refractivity contribution in [2.24, 2.45) is 5.92 Å². The Kier molecular flexibility index (Phi) is 5.66. The van der Waals surface area contributed by atoms with Gasteiger partial charge in [-0.05, 0) is 41.7 Å². The molecule has 0 saturated carbocycles. The smallest absolute Gasteiger partial charge is 0.116 e. The molecule has 0 heterocycles. The molecule has 0 saturated heterocycles. The maximum absolute atomic E-state index is 9.58. The van der Waals surface area contributed by atoms with E-state index in [9.17, 15) is 5.11 Å². The maximum Gasteiger partial charge on any atom is 0.116 e. The van der Waals surface area contributed by atoms with Crippen LogP contribution in [0.1, 0.15) is 37.4 Å². The van der Waals surface area contributed by atoms with Crippen molar-refractivity contribution in [1.82, 2.24) is 5.32 Å². The van der Waals surface area contributed by atoms with Crippen LogP contribution in [0.5, 0.6) is 5.75 Å². The molecule has 0 bridgehead atoms. The molecule has 0 aliphatic carbocycles. The zero-order valence-electron chi connectivity index (χ0n) is 12.5. The van der Waals surface area contributed by atoms with Crippen molar-refractivity contribution in [2.45, 2.75) is 32.9 Å². The summed E-state index contributed by atoms with van der Waals surface area (Å²) in [5.41, 5.74) is 2.20. The Morgan fingerprint density at radius 2 is 1.81 bits per heavy atom. The number of hydrogen-bond donors (Lipinski definition) is 2. The molecule has 112 valence electrons. The number of hydrogen-bond acceptors (Lipinski definition) is 2. The van der Waals surface area contributed by atoms with Gasteiger partial charge in [-0.2, -0.15) is 0 Å². The quantitative estimate of drug-likeness (QED) is 0.793. The Balaban J connectivity index is 2.10. The molecule has 21 heavy (non-hydrogen) atoms. The molecule has 0 aromatic heterocycles. The van der Waals surface area contributed by atoms with E-state index in [0.29, 0.717) is 17.5 Å². The first-order valence-corrected chi connectivity index (χ1v) is 7.69. The monoisotopic (exact) mass is 303 g/mol. The van der Waals surface area contributed by atoms with Crippen LogP contribution in [-0.4, -0.2) is 5.11 Å². The van der Waals surface area contributed by atoms with E-state index in [1.165, 1.54) is 5.56 Å². The van der Waals surface area contributed by atoms with Crippen LogP contribution < -0.4 is 5.32 Å². The van der Waals surface area contributed by atoms with E-state index in [4.69, 9.17) is 11.6 Å². The van der Waals surface area contributed by atoms with Gasteiger partial charge >= 0.3 is 0 Å². The zero-order chi connectivity index (χ0) is 15.2. The Morgan fingerprint density at radius 3 is 2.48 bits per heavy atom. The van der Waals surface area contributed by atoms with Crippen molar-refractivity contribution in [3.8, 4) is 5.75 Å². The van der Waals surface area contributed by atoms with Gasteiger partial charge in [-0.3, -0.25) is 0 Å². The minimum Gasteiger partial charge on any atom is -0.508 e. The lowest BCUT2D eigenvalue weighted by Gasteiger charge is -2.21. The van der Waals surface area contributed by atoms with Crippen LogP contribution in [0.25, 0.3) is 0 Å². The molecule has 1 atom stereocenters. The number of phenolic OH excluding ortho intramolecular Hbond substituents is 1. The largest absolute Gasteiger partial charge is 0.508 e. The first-order chi connectivity index (χ1) is 10.1. The second-order valence-corrected chi connectivity index (χ2v) is 6.16. The molecule has 0 radical (unpaired) electrons. The second-order valence-electron chi connectivity index (χ2n) is 5.75. The third-order valence-electron chi connectivity index (χ3n) is 3.48. The van der Waals surface area contributed by atoms with E-state index in [-0.39, 0.29) is 11.8 Å². The highest BCUT2D eigenvalue weighted by molar-refractivity contribution is 6.31. The summed E-state index contributed by atoms with van der Waals surface area (Å²) in [6.07, 6.45) is 1.06. The van der Waals surface area contributed by atoms with Crippen molar-refractivity contribution in [3.05, 3.63) is 64.7 Å². The van der Waals surface area contributed by atoms with Crippen LogP contribution in [-0.2, 0) is 6.54 Å². The predicted octanol–water partition coefficient (Wildman–Crippen LogP) is 4.92. The molecule has 2 rings (SSSR count).